The Morgan fingerprint density at radius 2 is 1.39 bits per heavy atom. The molecule has 11 nitrogen and oxygen atoms in total. The van der Waals surface area contributed by atoms with E-state index in [2.05, 4.69) is 20.9 Å². The molecule has 0 unspecified atom stereocenters. The van der Waals surface area contributed by atoms with Crippen molar-refractivity contribution in [3.05, 3.63) is 79.6 Å². The predicted molar refractivity (Wildman–Crippen MR) is 112 cm³/mol. The van der Waals surface area contributed by atoms with E-state index in [4.69, 9.17) is 4.74 Å². The number of aromatic nitrogens is 8. The molecule has 2 aromatic heterocycles. The molecule has 31 heavy (non-hydrogen) atoms. The average Bonchev–Trinajstić information content (AvgIpc) is 3.27. The van der Waals surface area contributed by atoms with E-state index in [1.54, 1.807) is 19.2 Å². The van der Waals surface area contributed by atoms with Gasteiger partial charge in [0.25, 0.3) is 0 Å². The summed E-state index contributed by atoms with van der Waals surface area (Å²) in [6.45, 7) is 4.31. The number of hydrogen-bond acceptors (Lipinski definition) is 7. The van der Waals surface area contributed by atoms with E-state index in [-0.39, 0.29) is 12.2 Å². The molecule has 0 spiro atoms. The zero-order valence-electron chi connectivity index (χ0n) is 17.7. The highest BCUT2D eigenvalue weighted by molar-refractivity contribution is 5.46. The van der Waals surface area contributed by atoms with E-state index in [0.717, 1.165) is 26.9 Å². The van der Waals surface area contributed by atoms with Crippen molar-refractivity contribution in [2.75, 3.05) is 7.11 Å². The molecule has 0 atom stereocenters. The standard InChI is InChI=1S/C20H22N8O3/c1-13-7-5-9-17(27-19(29)25(3)21-23-27)15(13)11-26-20(30)28(24-22-26)18-10-6-8-14(2)16(18)12-31-4/h5-10H,11-12H2,1-4H3. The Labute approximate surface area is 177 Å². The molecule has 0 saturated carbocycles. The molecule has 2 heterocycles. The van der Waals surface area contributed by atoms with Gasteiger partial charge in [0, 0.05) is 25.3 Å². The second-order valence-corrected chi connectivity index (χ2v) is 7.21. The van der Waals surface area contributed by atoms with Gasteiger partial charge in [-0.15, -0.1) is 0 Å². The molecular weight excluding hydrogens is 400 g/mol. The minimum Gasteiger partial charge on any atom is -0.380 e. The van der Waals surface area contributed by atoms with Gasteiger partial charge in [0.1, 0.15) is 0 Å². The third-order valence-electron chi connectivity index (χ3n) is 5.18. The fourth-order valence-electron chi connectivity index (χ4n) is 3.45. The highest BCUT2D eigenvalue weighted by Gasteiger charge is 2.18. The molecular formula is C20H22N8O3. The summed E-state index contributed by atoms with van der Waals surface area (Å²) in [7, 11) is 3.13. The summed E-state index contributed by atoms with van der Waals surface area (Å²) in [6.07, 6.45) is 0. The third-order valence-corrected chi connectivity index (χ3v) is 5.18. The summed E-state index contributed by atoms with van der Waals surface area (Å²) in [6, 6.07) is 11.1. The molecule has 0 radical (unpaired) electrons. The van der Waals surface area contributed by atoms with Crippen molar-refractivity contribution in [3.63, 3.8) is 0 Å². The van der Waals surface area contributed by atoms with Gasteiger partial charge in [-0.3, -0.25) is 0 Å². The minimum atomic E-state index is -0.399. The van der Waals surface area contributed by atoms with Gasteiger partial charge in [0.15, 0.2) is 0 Å². The summed E-state index contributed by atoms with van der Waals surface area (Å²) in [5, 5.41) is 15.8. The van der Waals surface area contributed by atoms with E-state index in [0.29, 0.717) is 18.0 Å². The number of nitrogens with zero attached hydrogens (tertiary/aromatic N) is 8. The topological polar surface area (TPSA) is 115 Å². The summed E-state index contributed by atoms with van der Waals surface area (Å²) >= 11 is 0. The number of ether oxygens (including phenoxy) is 1. The maximum absolute atomic E-state index is 13.1. The Morgan fingerprint density at radius 1 is 0.806 bits per heavy atom. The van der Waals surface area contributed by atoms with Crippen molar-refractivity contribution in [3.8, 4) is 11.4 Å². The van der Waals surface area contributed by atoms with Crippen LogP contribution in [-0.2, 0) is 24.9 Å². The van der Waals surface area contributed by atoms with Gasteiger partial charge >= 0.3 is 11.4 Å². The van der Waals surface area contributed by atoms with Crippen LogP contribution in [0.3, 0.4) is 0 Å². The van der Waals surface area contributed by atoms with Crippen molar-refractivity contribution in [2.24, 2.45) is 7.05 Å². The fraction of sp³-hybridized carbons (Fsp3) is 0.300. The first-order chi connectivity index (χ1) is 14.9. The zero-order valence-corrected chi connectivity index (χ0v) is 17.7. The van der Waals surface area contributed by atoms with E-state index in [1.165, 1.54) is 21.1 Å². The van der Waals surface area contributed by atoms with Crippen LogP contribution in [0.25, 0.3) is 11.4 Å². The number of methoxy groups -OCH3 is 1. The maximum Gasteiger partial charge on any atom is 0.368 e. The van der Waals surface area contributed by atoms with E-state index < -0.39 is 5.69 Å². The average molecular weight is 422 g/mol. The molecule has 0 aliphatic heterocycles. The van der Waals surface area contributed by atoms with Gasteiger partial charge in [-0.2, -0.15) is 18.7 Å². The first-order valence-electron chi connectivity index (χ1n) is 9.61. The molecule has 2 aromatic carbocycles. The number of hydrogen-bond donors (Lipinski definition) is 0. The van der Waals surface area contributed by atoms with Crippen LogP contribution in [-0.4, -0.2) is 46.7 Å². The van der Waals surface area contributed by atoms with Gasteiger partial charge in [-0.1, -0.05) is 24.3 Å². The third kappa shape index (κ3) is 3.59. The van der Waals surface area contributed by atoms with Crippen LogP contribution in [0.1, 0.15) is 22.3 Å². The lowest BCUT2D eigenvalue weighted by atomic mass is 10.1. The molecule has 0 aliphatic rings. The van der Waals surface area contributed by atoms with Crippen LogP contribution in [0.4, 0.5) is 0 Å². The van der Waals surface area contributed by atoms with Crippen LogP contribution in [0, 0.1) is 13.8 Å². The molecule has 0 N–H and O–H groups in total. The molecule has 160 valence electrons. The summed E-state index contributed by atoms with van der Waals surface area (Å²) in [5.74, 6) is 0. The summed E-state index contributed by atoms with van der Waals surface area (Å²) in [5.41, 5.74) is 3.83. The van der Waals surface area contributed by atoms with E-state index in [9.17, 15) is 9.59 Å². The van der Waals surface area contributed by atoms with Gasteiger partial charge < -0.3 is 4.74 Å². The predicted octanol–water partition coefficient (Wildman–Crippen LogP) is 0.520. The van der Waals surface area contributed by atoms with Crippen LogP contribution < -0.4 is 11.4 Å². The summed E-state index contributed by atoms with van der Waals surface area (Å²) < 4.78 is 10.1. The molecule has 0 fully saturated rings. The quantitative estimate of drug-likeness (QED) is 0.445. The van der Waals surface area contributed by atoms with Crippen molar-refractivity contribution in [1.82, 2.24) is 39.6 Å². The molecule has 4 aromatic rings. The van der Waals surface area contributed by atoms with Crippen LogP contribution in [0.5, 0.6) is 0 Å². The molecule has 4 rings (SSSR count). The van der Waals surface area contributed by atoms with Crippen molar-refractivity contribution in [1.29, 1.82) is 0 Å². The SMILES string of the molecule is COCc1c(C)cccc1-n1nnn(Cc2c(C)cccc2-n2nnn(C)c2=O)c1=O. The number of rotatable bonds is 6. The number of tetrazole rings is 2. The molecule has 0 amide bonds. The number of benzene rings is 2. The van der Waals surface area contributed by atoms with Crippen molar-refractivity contribution in [2.45, 2.75) is 27.0 Å². The number of aryl methyl sites for hydroxylation is 3. The lowest BCUT2D eigenvalue weighted by molar-refractivity contribution is 0.184. The molecule has 11 heteroatoms. The Kier molecular flexibility index (Phi) is 5.34. The Hall–Kier alpha value is -3.86. The normalized spacial score (nSPS) is 11.2. The minimum absolute atomic E-state index is 0.120. The second kappa shape index (κ2) is 8.11. The fourth-order valence-corrected chi connectivity index (χ4v) is 3.45. The second-order valence-electron chi connectivity index (χ2n) is 7.21. The highest BCUT2D eigenvalue weighted by Crippen LogP contribution is 2.19. The maximum atomic E-state index is 13.1. The monoisotopic (exact) mass is 422 g/mol. The van der Waals surface area contributed by atoms with Gasteiger partial charge in [0.2, 0.25) is 0 Å². The Morgan fingerprint density at radius 3 is 2.00 bits per heavy atom. The van der Waals surface area contributed by atoms with Crippen molar-refractivity contribution >= 4 is 0 Å². The van der Waals surface area contributed by atoms with Crippen LogP contribution in [0.2, 0.25) is 0 Å². The lowest BCUT2D eigenvalue weighted by Crippen LogP contribution is -2.27. The lowest BCUT2D eigenvalue weighted by Gasteiger charge is -2.11. The highest BCUT2D eigenvalue weighted by atomic mass is 16.5. The van der Waals surface area contributed by atoms with E-state index in [1.807, 2.05) is 38.1 Å². The van der Waals surface area contributed by atoms with Crippen LogP contribution in [0.15, 0.2) is 46.0 Å². The first kappa shape index (κ1) is 20.4. The largest absolute Gasteiger partial charge is 0.380 e. The van der Waals surface area contributed by atoms with E-state index >= 15 is 0 Å². The van der Waals surface area contributed by atoms with Gasteiger partial charge in [0.05, 0.1) is 24.5 Å². The van der Waals surface area contributed by atoms with Crippen molar-refractivity contribution < 1.29 is 4.74 Å². The van der Waals surface area contributed by atoms with Gasteiger partial charge in [-0.25, -0.2) is 9.59 Å². The molecule has 0 saturated heterocycles. The smallest absolute Gasteiger partial charge is 0.368 e. The van der Waals surface area contributed by atoms with Gasteiger partial charge in [-0.05, 0) is 58.0 Å². The Bertz CT molecular complexity index is 1360. The zero-order chi connectivity index (χ0) is 22.1. The summed E-state index contributed by atoms with van der Waals surface area (Å²) in [4.78, 5) is 25.5. The Balaban J connectivity index is 1.79. The molecule has 0 aliphatic carbocycles. The van der Waals surface area contributed by atoms with Crippen LogP contribution >= 0.6 is 0 Å². The molecule has 0 bridgehead atoms. The first-order valence-corrected chi connectivity index (χ1v) is 9.61.